The van der Waals surface area contributed by atoms with Gasteiger partial charge in [-0.2, -0.15) is 0 Å². The van der Waals surface area contributed by atoms with Crippen LogP contribution in [0.2, 0.25) is 0 Å². The summed E-state index contributed by atoms with van der Waals surface area (Å²) in [5.74, 6) is 0.935. The maximum atomic E-state index is 4.23. The van der Waals surface area contributed by atoms with Gasteiger partial charge in [0, 0.05) is 18.1 Å². The second kappa shape index (κ2) is 2.85. The molecule has 0 unspecified atom stereocenters. The van der Waals surface area contributed by atoms with E-state index >= 15 is 0 Å². The van der Waals surface area contributed by atoms with Crippen LogP contribution < -0.4 is 5.32 Å². The Morgan fingerprint density at radius 1 is 1.58 bits per heavy atom. The van der Waals surface area contributed by atoms with Crippen molar-refractivity contribution in [2.45, 2.75) is 6.92 Å². The number of rotatable bonds is 2. The average Bonchev–Trinajstić information content (AvgIpc) is 2.51. The third-order valence-electron chi connectivity index (χ3n) is 1.80. The molecule has 0 aliphatic rings. The Balaban J connectivity index is 2.46. The van der Waals surface area contributed by atoms with Gasteiger partial charge in [0.05, 0.1) is 11.7 Å². The molecule has 62 valence electrons. The molecule has 0 saturated heterocycles. The fraction of sp³-hybridized carbons (Fsp3) is 0.222. The number of aromatic nitrogens is 2. The fourth-order valence-electron chi connectivity index (χ4n) is 1.23. The molecule has 3 nitrogen and oxygen atoms in total. The van der Waals surface area contributed by atoms with Gasteiger partial charge in [-0.05, 0) is 19.1 Å². The number of pyridine rings is 1. The second-order valence-electron chi connectivity index (χ2n) is 2.66. The van der Waals surface area contributed by atoms with Crippen molar-refractivity contribution < 1.29 is 0 Å². The Bertz CT molecular complexity index is 378. The molecule has 0 atom stereocenters. The van der Waals surface area contributed by atoms with E-state index in [1.165, 1.54) is 5.39 Å². The second-order valence-corrected chi connectivity index (χ2v) is 2.66. The maximum absolute atomic E-state index is 4.23. The van der Waals surface area contributed by atoms with Crippen molar-refractivity contribution in [3.8, 4) is 0 Å². The Morgan fingerprint density at radius 2 is 2.50 bits per heavy atom. The molecule has 0 aliphatic carbocycles. The van der Waals surface area contributed by atoms with E-state index in [4.69, 9.17) is 0 Å². The summed E-state index contributed by atoms with van der Waals surface area (Å²) in [6.45, 7) is 2.96. The van der Waals surface area contributed by atoms with Crippen LogP contribution in [0.3, 0.4) is 0 Å². The van der Waals surface area contributed by atoms with Gasteiger partial charge < -0.3 is 10.3 Å². The molecule has 0 aliphatic heterocycles. The van der Waals surface area contributed by atoms with Gasteiger partial charge in [0.2, 0.25) is 0 Å². The zero-order valence-corrected chi connectivity index (χ0v) is 6.96. The maximum Gasteiger partial charge on any atom is 0.126 e. The molecule has 2 aromatic heterocycles. The SMILES string of the molecule is CCNc1cc2cc[nH]c2cn1. The summed E-state index contributed by atoms with van der Waals surface area (Å²) in [5, 5.41) is 4.36. The average molecular weight is 161 g/mol. The molecule has 0 saturated carbocycles. The minimum absolute atomic E-state index is 0.906. The summed E-state index contributed by atoms with van der Waals surface area (Å²) in [6, 6.07) is 4.08. The van der Waals surface area contributed by atoms with E-state index in [9.17, 15) is 0 Å². The first-order chi connectivity index (χ1) is 5.90. The zero-order chi connectivity index (χ0) is 8.39. The molecule has 0 fully saturated rings. The van der Waals surface area contributed by atoms with Crippen LogP contribution in [-0.2, 0) is 0 Å². The number of nitrogens with zero attached hydrogens (tertiary/aromatic N) is 1. The lowest BCUT2D eigenvalue weighted by Crippen LogP contribution is -1.97. The molecule has 2 N–H and O–H groups in total. The Kier molecular flexibility index (Phi) is 1.70. The van der Waals surface area contributed by atoms with E-state index in [-0.39, 0.29) is 0 Å². The highest BCUT2D eigenvalue weighted by atomic mass is 15.0. The van der Waals surface area contributed by atoms with Gasteiger partial charge in [0.1, 0.15) is 5.82 Å². The van der Waals surface area contributed by atoms with Crippen LogP contribution in [0.15, 0.2) is 24.5 Å². The number of nitrogens with one attached hydrogen (secondary N) is 2. The summed E-state index contributed by atoms with van der Waals surface area (Å²) in [6.07, 6.45) is 3.76. The summed E-state index contributed by atoms with van der Waals surface area (Å²) in [5.41, 5.74) is 1.08. The van der Waals surface area contributed by atoms with Crippen molar-refractivity contribution in [1.82, 2.24) is 9.97 Å². The quantitative estimate of drug-likeness (QED) is 0.707. The van der Waals surface area contributed by atoms with E-state index in [1.807, 2.05) is 24.5 Å². The van der Waals surface area contributed by atoms with Crippen LogP contribution in [0.1, 0.15) is 6.92 Å². The molecule has 2 heterocycles. The van der Waals surface area contributed by atoms with Gasteiger partial charge >= 0.3 is 0 Å². The molecule has 2 rings (SSSR count). The molecule has 3 heteroatoms. The lowest BCUT2D eigenvalue weighted by atomic mass is 10.3. The van der Waals surface area contributed by atoms with Crippen LogP contribution in [0.25, 0.3) is 10.9 Å². The van der Waals surface area contributed by atoms with Gasteiger partial charge in [-0.1, -0.05) is 0 Å². The lowest BCUT2D eigenvalue weighted by molar-refractivity contribution is 1.16. The van der Waals surface area contributed by atoms with Crippen LogP contribution in [0, 0.1) is 0 Å². The van der Waals surface area contributed by atoms with Gasteiger partial charge in [0.15, 0.2) is 0 Å². The van der Waals surface area contributed by atoms with E-state index in [1.54, 1.807) is 0 Å². The minimum Gasteiger partial charge on any atom is -0.370 e. The molecule has 12 heavy (non-hydrogen) atoms. The first-order valence-corrected chi connectivity index (χ1v) is 4.07. The predicted octanol–water partition coefficient (Wildman–Crippen LogP) is 1.99. The van der Waals surface area contributed by atoms with Gasteiger partial charge in [-0.3, -0.25) is 0 Å². The van der Waals surface area contributed by atoms with E-state index < -0.39 is 0 Å². The smallest absolute Gasteiger partial charge is 0.126 e. The Morgan fingerprint density at radius 3 is 3.33 bits per heavy atom. The highest BCUT2D eigenvalue weighted by Crippen LogP contribution is 2.14. The van der Waals surface area contributed by atoms with Crippen molar-refractivity contribution >= 4 is 16.7 Å². The third-order valence-corrected chi connectivity index (χ3v) is 1.80. The largest absolute Gasteiger partial charge is 0.370 e. The fourth-order valence-corrected chi connectivity index (χ4v) is 1.23. The van der Waals surface area contributed by atoms with Crippen LogP contribution in [0.5, 0.6) is 0 Å². The standard InChI is InChI=1S/C9H11N3/c1-2-10-9-5-7-3-4-11-8(7)6-12-9/h3-6,11H,2H2,1H3,(H,10,12). The molecular formula is C9H11N3. The summed E-state index contributed by atoms with van der Waals surface area (Å²) < 4.78 is 0. The Labute approximate surface area is 70.8 Å². The Hall–Kier alpha value is -1.51. The van der Waals surface area contributed by atoms with Crippen molar-refractivity contribution in [2.24, 2.45) is 0 Å². The number of H-pyrrole nitrogens is 1. The number of hydrogen-bond donors (Lipinski definition) is 2. The molecule has 0 radical (unpaired) electrons. The summed E-state index contributed by atoms with van der Waals surface area (Å²) in [7, 11) is 0. The first kappa shape index (κ1) is 7.16. The van der Waals surface area contributed by atoms with Crippen molar-refractivity contribution in [1.29, 1.82) is 0 Å². The monoisotopic (exact) mass is 161 g/mol. The van der Waals surface area contributed by atoms with E-state index in [2.05, 4.69) is 22.2 Å². The molecule has 0 amide bonds. The number of aromatic amines is 1. The zero-order valence-electron chi connectivity index (χ0n) is 6.96. The summed E-state index contributed by atoms with van der Waals surface area (Å²) in [4.78, 5) is 7.33. The van der Waals surface area contributed by atoms with Crippen molar-refractivity contribution in [2.75, 3.05) is 11.9 Å². The van der Waals surface area contributed by atoms with Crippen LogP contribution in [-0.4, -0.2) is 16.5 Å². The number of fused-ring (bicyclic) bond motifs is 1. The number of anilines is 1. The molecule has 2 aromatic rings. The van der Waals surface area contributed by atoms with Gasteiger partial charge in [-0.25, -0.2) is 4.98 Å². The van der Waals surface area contributed by atoms with Gasteiger partial charge in [-0.15, -0.1) is 0 Å². The summed E-state index contributed by atoms with van der Waals surface area (Å²) >= 11 is 0. The predicted molar refractivity (Wildman–Crippen MR) is 50.3 cm³/mol. The molecule has 0 bridgehead atoms. The van der Waals surface area contributed by atoms with Crippen molar-refractivity contribution in [3.05, 3.63) is 24.5 Å². The highest BCUT2D eigenvalue weighted by molar-refractivity contribution is 5.80. The van der Waals surface area contributed by atoms with Crippen molar-refractivity contribution in [3.63, 3.8) is 0 Å². The molecule has 0 aromatic carbocycles. The van der Waals surface area contributed by atoms with E-state index in [0.29, 0.717) is 0 Å². The molecular weight excluding hydrogens is 150 g/mol. The van der Waals surface area contributed by atoms with Crippen LogP contribution in [0.4, 0.5) is 5.82 Å². The lowest BCUT2D eigenvalue weighted by Gasteiger charge is -2.00. The third kappa shape index (κ3) is 1.13. The minimum atomic E-state index is 0.906. The topological polar surface area (TPSA) is 40.7 Å². The normalized spacial score (nSPS) is 10.4. The highest BCUT2D eigenvalue weighted by Gasteiger charge is 1.95. The van der Waals surface area contributed by atoms with Gasteiger partial charge in [0.25, 0.3) is 0 Å². The first-order valence-electron chi connectivity index (χ1n) is 4.07. The van der Waals surface area contributed by atoms with Crippen LogP contribution >= 0.6 is 0 Å². The number of hydrogen-bond acceptors (Lipinski definition) is 2. The van der Waals surface area contributed by atoms with E-state index in [0.717, 1.165) is 17.9 Å². The molecule has 0 spiro atoms.